The minimum absolute atomic E-state index is 0.349. The number of hydrogen-bond donors (Lipinski definition) is 2. The van der Waals surface area contributed by atoms with Crippen molar-refractivity contribution in [3.8, 4) is 5.75 Å². The van der Waals surface area contributed by atoms with Gasteiger partial charge in [0.1, 0.15) is 11.6 Å². The second-order valence-electron chi connectivity index (χ2n) is 5.82. The van der Waals surface area contributed by atoms with Gasteiger partial charge in [-0.05, 0) is 37.3 Å². The molecule has 27 heavy (non-hydrogen) atoms. The van der Waals surface area contributed by atoms with Gasteiger partial charge in [-0.1, -0.05) is 18.2 Å². The van der Waals surface area contributed by atoms with Crippen LogP contribution in [-0.2, 0) is 6.54 Å². The normalized spacial score (nSPS) is 10.3. The molecule has 2 aromatic carbocycles. The molecule has 0 unspecified atom stereocenters. The number of benzene rings is 2. The van der Waals surface area contributed by atoms with E-state index in [0.29, 0.717) is 29.4 Å². The van der Waals surface area contributed by atoms with E-state index >= 15 is 0 Å². The van der Waals surface area contributed by atoms with Crippen molar-refractivity contribution in [2.45, 2.75) is 13.5 Å². The molecule has 2 N–H and O–H groups in total. The number of hydrogen-bond acceptors (Lipinski definition) is 5. The van der Waals surface area contributed by atoms with Crippen molar-refractivity contribution < 1.29 is 13.9 Å². The van der Waals surface area contributed by atoms with E-state index in [0.717, 1.165) is 11.3 Å². The predicted octanol–water partition coefficient (Wildman–Crippen LogP) is 3.80. The fourth-order valence-corrected chi connectivity index (χ4v) is 2.53. The number of para-hydroxylation sites is 1. The third-order valence-electron chi connectivity index (χ3n) is 3.96. The Morgan fingerprint density at radius 1 is 1.15 bits per heavy atom. The maximum atomic E-state index is 13.0. The average Bonchev–Trinajstić information content (AvgIpc) is 2.68. The highest BCUT2D eigenvalue weighted by molar-refractivity contribution is 6.04. The van der Waals surface area contributed by atoms with Crippen LogP contribution in [0.2, 0.25) is 0 Å². The number of anilines is 2. The molecule has 0 atom stereocenters. The standard InChI is InChI=1S/C20H19FN4O2/c1-13-17(19(26)25-16-9-7-15(21)8-10-16)12-23-20(24-13)22-11-14-5-3-4-6-18(14)27-2/h3-10,12H,11H2,1-2H3,(H,25,26)(H,22,23,24). The number of aromatic nitrogens is 2. The Kier molecular flexibility index (Phi) is 5.61. The van der Waals surface area contributed by atoms with Crippen molar-refractivity contribution >= 4 is 17.5 Å². The number of aryl methyl sites for hydroxylation is 1. The van der Waals surface area contributed by atoms with Gasteiger partial charge < -0.3 is 15.4 Å². The molecule has 3 aromatic rings. The molecular formula is C20H19FN4O2. The van der Waals surface area contributed by atoms with Gasteiger partial charge in [0.2, 0.25) is 5.95 Å². The van der Waals surface area contributed by atoms with E-state index in [1.165, 1.54) is 30.5 Å². The largest absolute Gasteiger partial charge is 0.496 e. The lowest BCUT2D eigenvalue weighted by molar-refractivity contribution is 0.102. The van der Waals surface area contributed by atoms with Crippen molar-refractivity contribution in [1.82, 2.24) is 9.97 Å². The fraction of sp³-hybridized carbons (Fsp3) is 0.150. The quantitative estimate of drug-likeness (QED) is 0.694. The number of nitrogens with zero attached hydrogens (tertiary/aromatic N) is 2. The number of halogens is 1. The van der Waals surface area contributed by atoms with E-state index in [1.54, 1.807) is 14.0 Å². The minimum Gasteiger partial charge on any atom is -0.496 e. The number of amides is 1. The zero-order valence-corrected chi connectivity index (χ0v) is 15.0. The molecule has 0 saturated heterocycles. The highest BCUT2D eigenvalue weighted by Gasteiger charge is 2.12. The van der Waals surface area contributed by atoms with Gasteiger partial charge >= 0.3 is 0 Å². The van der Waals surface area contributed by atoms with E-state index < -0.39 is 0 Å². The molecule has 0 aliphatic carbocycles. The van der Waals surface area contributed by atoms with Crippen LogP contribution >= 0.6 is 0 Å². The van der Waals surface area contributed by atoms with Gasteiger partial charge in [-0.25, -0.2) is 14.4 Å². The number of ether oxygens (including phenoxy) is 1. The van der Waals surface area contributed by atoms with Crippen LogP contribution in [0.15, 0.2) is 54.7 Å². The highest BCUT2D eigenvalue weighted by Crippen LogP contribution is 2.18. The van der Waals surface area contributed by atoms with Gasteiger partial charge in [0.25, 0.3) is 5.91 Å². The van der Waals surface area contributed by atoms with Crippen LogP contribution in [0, 0.1) is 12.7 Å². The molecule has 0 aliphatic heterocycles. The molecule has 0 bridgehead atoms. The number of methoxy groups -OCH3 is 1. The second-order valence-corrected chi connectivity index (χ2v) is 5.82. The monoisotopic (exact) mass is 366 g/mol. The summed E-state index contributed by atoms with van der Waals surface area (Å²) in [4.78, 5) is 20.9. The molecule has 138 valence electrons. The number of carbonyl (C=O) groups is 1. The lowest BCUT2D eigenvalue weighted by Gasteiger charge is -2.11. The lowest BCUT2D eigenvalue weighted by atomic mass is 10.2. The van der Waals surface area contributed by atoms with E-state index in [4.69, 9.17) is 4.74 Å². The van der Waals surface area contributed by atoms with Gasteiger partial charge in [0, 0.05) is 24.0 Å². The lowest BCUT2D eigenvalue weighted by Crippen LogP contribution is -2.15. The maximum absolute atomic E-state index is 13.0. The van der Waals surface area contributed by atoms with Crippen LogP contribution < -0.4 is 15.4 Å². The summed E-state index contributed by atoms with van der Waals surface area (Å²) in [5, 5.41) is 5.82. The zero-order chi connectivity index (χ0) is 19.2. The summed E-state index contributed by atoms with van der Waals surface area (Å²) >= 11 is 0. The number of nitrogens with one attached hydrogen (secondary N) is 2. The van der Waals surface area contributed by atoms with Gasteiger partial charge in [-0.2, -0.15) is 0 Å². The molecule has 3 rings (SSSR count). The summed E-state index contributed by atoms with van der Waals surface area (Å²) in [6, 6.07) is 13.2. The SMILES string of the molecule is COc1ccccc1CNc1ncc(C(=O)Nc2ccc(F)cc2)c(C)n1. The summed E-state index contributed by atoms with van der Waals surface area (Å²) in [5.74, 6) is 0.474. The van der Waals surface area contributed by atoms with Crippen molar-refractivity contribution in [2.75, 3.05) is 17.7 Å². The van der Waals surface area contributed by atoms with Crippen LogP contribution in [0.5, 0.6) is 5.75 Å². The average molecular weight is 366 g/mol. The minimum atomic E-state index is -0.363. The molecule has 1 amide bonds. The Hall–Kier alpha value is -3.48. The predicted molar refractivity (Wildman–Crippen MR) is 101 cm³/mol. The molecule has 6 nitrogen and oxygen atoms in total. The summed E-state index contributed by atoms with van der Waals surface area (Å²) in [7, 11) is 1.62. The topological polar surface area (TPSA) is 76.1 Å². The summed E-state index contributed by atoms with van der Waals surface area (Å²) in [6.45, 7) is 2.22. The zero-order valence-electron chi connectivity index (χ0n) is 15.0. The van der Waals surface area contributed by atoms with Gasteiger partial charge in [-0.3, -0.25) is 4.79 Å². The van der Waals surface area contributed by atoms with Crippen LogP contribution in [0.4, 0.5) is 16.0 Å². The molecular weight excluding hydrogens is 347 g/mol. The van der Waals surface area contributed by atoms with E-state index in [-0.39, 0.29) is 11.7 Å². The summed E-state index contributed by atoms with van der Waals surface area (Å²) in [6.07, 6.45) is 1.46. The third kappa shape index (κ3) is 4.58. The Labute approximate surface area is 156 Å². The maximum Gasteiger partial charge on any atom is 0.259 e. The van der Waals surface area contributed by atoms with Crippen LogP contribution in [0.25, 0.3) is 0 Å². The Bertz CT molecular complexity index is 945. The van der Waals surface area contributed by atoms with Crippen molar-refractivity contribution in [2.24, 2.45) is 0 Å². The second kappa shape index (κ2) is 8.27. The molecule has 0 saturated carbocycles. The van der Waals surface area contributed by atoms with Gasteiger partial charge in [-0.15, -0.1) is 0 Å². The molecule has 1 heterocycles. The molecule has 1 aromatic heterocycles. The van der Waals surface area contributed by atoms with Gasteiger partial charge in [0.15, 0.2) is 0 Å². The first kappa shape index (κ1) is 18.3. The number of rotatable bonds is 6. The van der Waals surface area contributed by atoms with Crippen molar-refractivity contribution in [3.05, 3.63) is 77.4 Å². The first-order valence-electron chi connectivity index (χ1n) is 8.33. The Morgan fingerprint density at radius 2 is 1.89 bits per heavy atom. The molecule has 7 heteroatoms. The Balaban J connectivity index is 1.68. The third-order valence-corrected chi connectivity index (χ3v) is 3.96. The molecule has 0 radical (unpaired) electrons. The molecule has 0 spiro atoms. The van der Waals surface area contributed by atoms with E-state index in [1.807, 2.05) is 24.3 Å². The summed E-state index contributed by atoms with van der Waals surface area (Å²) < 4.78 is 18.3. The van der Waals surface area contributed by atoms with E-state index in [2.05, 4.69) is 20.6 Å². The fourth-order valence-electron chi connectivity index (χ4n) is 2.53. The van der Waals surface area contributed by atoms with Crippen molar-refractivity contribution in [1.29, 1.82) is 0 Å². The van der Waals surface area contributed by atoms with Crippen molar-refractivity contribution in [3.63, 3.8) is 0 Å². The molecule has 0 fully saturated rings. The Morgan fingerprint density at radius 3 is 2.59 bits per heavy atom. The van der Waals surface area contributed by atoms with Crippen LogP contribution in [0.3, 0.4) is 0 Å². The molecule has 0 aliphatic rings. The summed E-state index contributed by atoms with van der Waals surface area (Å²) in [5.41, 5.74) is 2.35. The smallest absolute Gasteiger partial charge is 0.259 e. The van der Waals surface area contributed by atoms with Gasteiger partial charge in [0.05, 0.1) is 18.4 Å². The first-order chi connectivity index (χ1) is 13.1. The van der Waals surface area contributed by atoms with E-state index in [9.17, 15) is 9.18 Å². The van der Waals surface area contributed by atoms with Crippen LogP contribution in [-0.4, -0.2) is 23.0 Å². The first-order valence-corrected chi connectivity index (χ1v) is 8.33. The number of carbonyl (C=O) groups excluding carboxylic acids is 1. The highest BCUT2D eigenvalue weighted by atomic mass is 19.1. The van der Waals surface area contributed by atoms with Crippen LogP contribution in [0.1, 0.15) is 21.6 Å².